The molecule has 24 heavy (non-hydrogen) atoms. The van der Waals surface area contributed by atoms with Crippen LogP contribution in [0.3, 0.4) is 0 Å². The fourth-order valence-corrected chi connectivity index (χ4v) is 3.54. The maximum atomic E-state index is 12.5. The number of H-pyrrole nitrogens is 1. The number of Topliss-reactive ketones (excluding diaryl/α,β-unsaturated/α-hetero) is 1. The largest absolute Gasteiger partial charge is 0.477 e. The molecular formula is C16H19N3O4S. The van der Waals surface area contributed by atoms with Gasteiger partial charge in [-0.2, -0.15) is 0 Å². The summed E-state index contributed by atoms with van der Waals surface area (Å²) in [6, 6.07) is -0.446. The van der Waals surface area contributed by atoms with Gasteiger partial charge in [-0.25, -0.2) is 9.78 Å². The van der Waals surface area contributed by atoms with Crippen molar-refractivity contribution >= 4 is 29.0 Å². The number of rotatable bonds is 5. The van der Waals surface area contributed by atoms with Gasteiger partial charge in [-0.1, -0.05) is 0 Å². The number of hydrogen-bond acceptors (Lipinski definition) is 5. The second kappa shape index (κ2) is 6.56. The van der Waals surface area contributed by atoms with Gasteiger partial charge in [0.05, 0.1) is 11.7 Å². The summed E-state index contributed by atoms with van der Waals surface area (Å²) in [5.74, 6) is -1.49. The van der Waals surface area contributed by atoms with Gasteiger partial charge >= 0.3 is 5.97 Å². The van der Waals surface area contributed by atoms with E-state index in [0.29, 0.717) is 33.2 Å². The Hall–Kier alpha value is -2.48. The molecule has 1 unspecified atom stereocenters. The van der Waals surface area contributed by atoms with Crippen LogP contribution in [0, 0.1) is 20.8 Å². The molecule has 0 radical (unpaired) electrons. The minimum Gasteiger partial charge on any atom is -0.477 e. The zero-order chi connectivity index (χ0) is 18.2. The summed E-state index contributed by atoms with van der Waals surface area (Å²) in [6.45, 7) is 8.27. The summed E-state index contributed by atoms with van der Waals surface area (Å²) >= 11 is 1.04. The quantitative estimate of drug-likeness (QED) is 0.719. The Kier molecular flexibility index (Phi) is 4.88. The van der Waals surface area contributed by atoms with Crippen LogP contribution < -0.4 is 5.32 Å². The number of aromatic carboxylic acids is 1. The smallest absolute Gasteiger partial charge is 0.347 e. The third-order valence-corrected chi connectivity index (χ3v) is 5.07. The van der Waals surface area contributed by atoms with Crippen LogP contribution in [0.15, 0.2) is 0 Å². The van der Waals surface area contributed by atoms with Crippen molar-refractivity contribution in [3.8, 4) is 0 Å². The molecule has 8 heteroatoms. The maximum absolute atomic E-state index is 12.5. The summed E-state index contributed by atoms with van der Waals surface area (Å²) in [7, 11) is 0. The van der Waals surface area contributed by atoms with Crippen molar-refractivity contribution in [1.29, 1.82) is 0 Å². The number of ketones is 1. The zero-order valence-corrected chi connectivity index (χ0v) is 14.9. The molecule has 1 amide bonds. The van der Waals surface area contributed by atoms with Crippen molar-refractivity contribution in [2.75, 3.05) is 0 Å². The van der Waals surface area contributed by atoms with Crippen molar-refractivity contribution in [2.24, 2.45) is 0 Å². The molecule has 2 heterocycles. The highest BCUT2D eigenvalue weighted by atomic mass is 32.1. The molecule has 0 bridgehead atoms. The van der Waals surface area contributed by atoms with Gasteiger partial charge in [-0.05, 0) is 40.2 Å². The molecule has 0 saturated carbocycles. The maximum Gasteiger partial charge on any atom is 0.347 e. The SMILES string of the molecule is CC(=O)c1c(C)[nH]c(C(=O)NC(C)c2nc(C)c(C(=O)O)s2)c1C. The van der Waals surface area contributed by atoms with Crippen molar-refractivity contribution < 1.29 is 19.5 Å². The van der Waals surface area contributed by atoms with Crippen LogP contribution in [0.4, 0.5) is 0 Å². The zero-order valence-electron chi connectivity index (χ0n) is 14.1. The molecule has 0 aliphatic carbocycles. The molecule has 2 rings (SSSR count). The number of amides is 1. The van der Waals surface area contributed by atoms with Gasteiger partial charge < -0.3 is 15.4 Å². The van der Waals surface area contributed by atoms with Gasteiger partial charge in [0.15, 0.2) is 5.78 Å². The van der Waals surface area contributed by atoms with Crippen LogP contribution in [0.25, 0.3) is 0 Å². The summed E-state index contributed by atoms with van der Waals surface area (Å²) in [5.41, 5.74) is 2.53. The minimum atomic E-state index is -1.03. The standard InChI is InChI=1S/C16H19N3O4S/c1-6-11(10(5)20)7(2)17-12(6)14(21)18-9(4)15-19-8(3)13(24-15)16(22)23/h9,17H,1-5H3,(H,18,21)(H,22,23). The number of carboxylic acids is 1. The Morgan fingerprint density at radius 3 is 2.33 bits per heavy atom. The van der Waals surface area contributed by atoms with Gasteiger partial charge in [-0.15, -0.1) is 11.3 Å². The molecule has 0 spiro atoms. The lowest BCUT2D eigenvalue weighted by molar-refractivity contribution is 0.0700. The molecule has 2 aromatic rings. The van der Waals surface area contributed by atoms with Crippen LogP contribution >= 0.6 is 11.3 Å². The number of thiazole rings is 1. The predicted octanol–water partition coefficient (Wildman–Crippen LogP) is 2.79. The van der Waals surface area contributed by atoms with Crippen molar-refractivity contribution in [3.63, 3.8) is 0 Å². The number of carboxylic acid groups (broad SMARTS) is 1. The van der Waals surface area contributed by atoms with E-state index in [4.69, 9.17) is 5.11 Å². The highest BCUT2D eigenvalue weighted by molar-refractivity contribution is 7.13. The molecule has 0 aliphatic heterocycles. The van der Waals surface area contributed by atoms with E-state index in [1.54, 1.807) is 27.7 Å². The first kappa shape index (κ1) is 17.9. The number of carbonyl (C=O) groups is 3. The van der Waals surface area contributed by atoms with Gasteiger partial charge in [-0.3, -0.25) is 9.59 Å². The van der Waals surface area contributed by atoms with Crippen LogP contribution in [-0.2, 0) is 0 Å². The van der Waals surface area contributed by atoms with Crippen molar-refractivity contribution in [1.82, 2.24) is 15.3 Å². The fraction of sp³-hybridized carbons (Fsp3) is 0.375. The Morgan fingerprint density at radius 1 is 1.25 bits per heavy atom. The molecular weight excluding hydrogens is 330 g/mol. The highest BCUT2D eigenvalue weighted by Crippen LogP contribution is 2.24. The number of aromatic nitrogens is 2. The first-order chi connectivity index (χ1) is 11.1. The molecule has 0 aromatic carbocycles. The highest BCUT2D eigenvalue weighted by Gasteiger charge is 2.23. The van der Waals surface area contributed by atoms with Gasteiger partial charge in [0.25, 0.3) is 5.91 Å². The van der Waals surface area contributed by atoms with Crippen LogP contribution in [-0.4, -0.2) is 32.7 Å². The summed E-state index contributed by atoms with van der Waals surface area (Å²) in [6.07, 6.45) is 0. The predicted molar refractivity (Wildman–Crippen MR) is 90.0 cm³/mol. The second-order valence-electron chi connectivity index (χ2n) is 5.65. The lowest BCUT2D eigenvalue weighted by atomic mass is 10.1. The molecule has 3 N–H and O–H groups in total. The molecule has 128 valence electrons. The summed E-state index contributed by atoms with van der Waals surface area (Å²) < 4.78 is 0. The van der Waals surface area contributed by atoms with Crippen LogP contribution in [0.2, 0.25) is 0 Å². The van der Waals surface area contributed by atoms with E-state index in [0.717, 1.165) is 11.3 Å². The molecule has 7 nitrogen and oxygen atoms in total. The average molecular weight is 349 g/mol. The summed E-state index contributed by atoms with van der Waals surface area (Å²) in [5, 5.41) is 12.4. The van der Waals surface area contributed by atoms with Gasteiger partial charge in [0, 0.05) is 11.3 Å². The topological polar surface area (TPSA) is 112 Å². The molecule has 0 aliphatic rings. The Bertz CT molecular complexity index is 835. The second-order valence-corrected chi connectivity index (χ2v) is 6.68. The van der Waals surface area contributed by atoms with E-state index in [2.05, 4.69) is 15.3 Å². The summed E-state index contributed by atoms with van der Waals surface area (Å²) in [4.78, 5) is 42.5. The number of hydrogen-bond donors (Lipinski definition) is 3. The number of carbonyl (C=O) groups excluding carboxylic acids is 2. The lowest BCUT2D eigenvalue weighted by Crippen LogP contribution is -2.27. The molecule has 1 atom stereocenters. The van der Waals surface area contributed by atoms with Gasteiger partial charge in [0.1, 0.15) is 15.6 Å². The number of aromatic amines is 1. The van der Waals surface area contributed by atoms with E-state index in [-0.39, 0.29) is 16.6 Å². The monoisotopic (exact) mass is 349 g/mol. The molecule has 0 fully saturated rings. The first-order valence-electron chi connectivity index (χ1n) is 7.35. The van der Waals surface area contributed by atoms with E-state index < -0.39 is 12.0 Å². The van der Waals surface area contributed by atoms with E-state index in [1.807, 2.05) is 0 Å². The van der Waals surface area contributed by atoms with E-state index in [9.17, 15) is 14.4 Å². The van der Waals surface area contributed by atoms with Crippen LogP contribution in [0.5, 0.6) is 0 Å². The Balaban J connectivity index is 2.24. The molecule has 0 saturated heterocycles. The van der Waals surface area contributed by atoms with Crippen LogP contribution in [0.1, 0.15) is 72.4 Å². The lowest BCUT2D eigenvalue weighted by Gasteiger charge is -2.11. The average Bonchev–Trinajstić information content (AvgIpc) is 2.99. The first-order valence-corrected chi connectivity index (χ1v) is 8.16. The number of aryl methyl sites for hydroxylation is 2. The number of nitrogens with one attached hydrogen (secondary N) is 2. The van der Waals surface area contributed by atoms with E-state index in [1.165, 1.54) is 6.92 Å². The van der Waals surface area contributed by atoms with Crippen molar-refractivity contribution in [3.05, 3.63) is 38.1 Å². The fourth-order valence-electron chi connectivity index (χ4n) is 2.64. The number of nitrogens with zero attached hydrogens (tertiary/aromatic N) is 1. The van der Waals surface area contributed by atoms with Crippen molar-refractivity contribution in [2.45, 2.75) is 40.7 Å². The Labute approximate surface area is 143 Å². The van der Waals surface area contributed by atoms with E-state index >= 15 is 0 Å². The third kappa shape index (κ3) is 3.23. The normalized spacial score (nSPS) is 12.0. The van der Waals surface area contributed by atoms with Gasteiger partial charge in [0.2, 0.25) is 0 Å². The Morgan fingerprint density at radius 2 is 1.88 bits per heavy atom. The minimum absolute atomic E-state index is 0.102. The molecule has 2 aromatic heterocycles. The third-order valence-electron chi connectivity index (χ3n) is 3.74.